The van der Waals surface area contributed by atoms with E-state index in [9.17, 15) is 0 Å². The number of aromatic nitrogens is 1. The Morgan fingerprint density at radius 3 is 2.41 bits per heavy atom. The molecule has 1 N–H and O–H groups in total. The van der Waals surface area contributed by atoms with Crippen LogP contribution in [0.15, 0.2) is 28.7 Å². The summed E-state index contributed by atoms with van der Waals surface area (Å²) in [5.41, 5.74) is 1.75. The van der Waals surface area contributed by atoms with Crippen LogP contribution in [0.2, 0.25) is 18.1 Å². The minimum Gasteiger partial charge on any atom is -0.424 e. The molecule has 0 bridgehead atoms. The number of fused-ring (bicyclic) bond motifs is 1. The highest BCUT2D eigenvalue weighted by Crippen LogP contribution is 2.36. The number of hydrogen-bond donors (Lipinski definition) is 1. The number of para-hydroxylation sites is 2. The molecule has 1 aromatic carbocycles. The Labute approximate surface area is 103 Å². The predicted molar refractivity (Wildman–Crippen MR) is 74.8 cm³/mol. The monoisotopic (exact) mass is 248 g/mol. The molecule has 17 heavy (non-hydrogen) atoms. The molecule has 4 heteroatoms. The minimum absolute atomic E-state index is 0.258. The fourth-order valence-electron chi connectivity index (χ4n) is 1.38. The van der Waals surface area contributed by atoms with Gasteiger partial charge in [0, 0.05) is 0 Å². The van der Waals surface area contributed by atoms with Gasteiger partial charge in [0.05, 0.1) is 0 Å². The molecule has 0 saturated heterocycles. The summed E-state index contributed by atoms with van der Waals surface area (Å²) < 4.78 is 5.71. The normalized spacial score (nSPS) is 13.0. The number of hydrogen-bond acceptors (Lipinski definition) is 3. The highest BCUT2D eigenvalue weighted by molar-refractivity contribution is 6.82. The van der Waals surface area contributed by atoms with Crippen LogP contribution in [0.3, 0.4) is 0 Å². The van der Waals surface area contributed by atoms with Crippen LogP contribution in [-0.4, -0.2) is 13.2 Å². The highest BCUT2D eigenvalue weighted by atomic mass is 28.3. The van der Waals surface area contributed by atoms with Crippen LogP contribution in [0, 0.1) is 0 Å². The molecular formula is C13H20N2OSi. The van der Waals surface area contributed by atoms with E-state index >= 15 is 0 Å². The number of benzene rings is 1. The number of anilines is 1. The van der Waals surface area contributed by atoms with E-state index in [0.29, 0.717) is 6.01 Å². The third-order valence-electron chi connectivity index (χ3n) is 3.59. The van der Waals surface area contributed by atoms with Crippen molar-refractivity contribution in [3.8, 4) is 0 Å². The number of nitrogens with one attached hydrogen (secondary N) is 1. The zero-order valence-electron chi connectivity index (χ0n) is 11.2. The van der Waals surface area contributed by atoms with Crippen molar-refractivity contribution in [2.75, 3.05) is 4.98 Å². The molecule has 0 atom stereocenters. The first-order valence-corrected chi connectivity index (χ1v) is 8.93. The Bertz CT molecular complexity index is 492. The summed E-state index contributed by atoms with van der Waals surface area (Å²) in [6.45, 7) is 11.4. The molecule has 0 aliphatic heterocycles. The first kappa shape index (κ1) is 12.2. The average molecular weight is 248 g/mol. The Balaban J connectivity index is 2.30. The minimum atomic E-state index is -1.61. The zero-order valence-corrected chi connectivity index (χ0v) is 12.2. The van der Waals surface area contributed by atoms with Crippen LogP contribution in [0.25, 0.3) is 11.1 Å². The highest BCUT2D eigenvalue weighted by Gasteiger charge is 2.36. The Morgan fingerprint density at radius 1 is 1.18 bits per heavy atom. The van der Waals surface area contributed by atoms with Crippen LogP contribution < -0.4 is 4.98 Å². The summed E-state index contributed by atoms with van der Waals surface area (Å²) in [6.07, 6.45) is 0. The molecule has 0 unspecified atom stereocenters. The maximum Gasteiger partial charge on any atom is 0.287 e. The summed E-state index contributed by atoms with van der Waals surface area (Å²) in [7, 11) is -1.61. The number of nitrogens with zero attached hydrogens (tertiary/aromatic N) is 1. The van der Waals surface area contributed by atoms with Crippen molar-refractivity contribution < 1.29 is 4.42 Å². The topological polar surface area (TPSA) is 38.1 Å². The summed E-state index contributed by atoms with van der Waals surface area (Å²) in [5, 5.41) is 0.258. The van der Waals surface area contributed by atoms with Crippen molar-refractivity contribution in [3.63, 3.8) is 0 Å². The van der Waals surface area contributed by atoms with Gasteiger partial charge in [-0.3, -0.25) is 0 Å². The molecule has 2 rings (SSSR count). The van der Waals surface area contributed by atoms with Crippen molar-refractivity contribution in [3.05, 3.63) is 24.3 Å². The molecule has 1 aromatic heterocycles. The number of oxazole rings is 1. The summed E-state index contributed by atoms with van der Waals surface area (Å²) in [4.78, 5) is 7.98. The van der Waals surface area contributed by atoms with Crippen LogP contribution in [0.5, 0.6) is 0 Å². The Morgan fingerprint density at radius 2 is 1.82 bits per heavy atom. The second-order valence-corrected chi connectivity index (χ2v) is 11.0. The van der Waals surface area contributed by atoms with Crippen LogP contribution in [0.1, 0.15) is 20.8 Å². The lowest BCUT2D eigenvalue weighted by molar-refractivity contribution is 0.620. The fraction of sp³-hybridized carbons (Fsp3) is 0.462. The van der Waals surface area contributed by atoms with E-state index in [2.05, 4.69) is 43.8 Å². The standard InChI is InChI=1S/C13H20N2OSi/c1-13(2,3)17(4,5)15-12-14-10-8-6-7-9-11(10)16-12/h6-9H,1-5H3,(H,14,15). The summed E-state index contributed by atoms with van der Waals surface area (Å²) in [5.74, 6) is 0. The molecule has 2 aromatic rings. The van der Waals surface area contributed by atoms with Crippen LogP contribution in [0.4, 0.5) is 6.01 Å². The van der Waals surface area contributed by atoms with E-state index in [4.69, 9.17) is 4.42 Å². The third-order valence-corrected chi connectivity index (χ3v) is 8.18. The van der Waals surface area contributed by atoms with Gasteiger partial charge in [0.15, 0.2) is 13.8 Å². The van der Waals surface area contributed by atoms with Gasteiger partial charge in [-0.15, -0.1) is 0 Å². The lowest BCUT2D eigenvalue weighted by Crippen LogP contribution is -2.45. The van der Waals surface area contributed by atoms with Crippen LogP contribution in [-0.2, 0) is 0 Å². The van der Waals surface area contributed by atoms with Gasteiger partial charge >= 0.3 is 0 Å². The van der Waals surface area contributed by atoms with Gasteiger partial charge in [0.1, 0.15) is 5.52 Å². The van der Waals surface area contributed by atoms with Gasteiger partial charge in [0.25, 0.3) is 6.01 Å². The van der Waals surface area contributed by atoms with Crippen molar-refractivity contribution in [1.82, 2.24) is 4.98 Å². The maximum atomic E-state index is 5.71. The lowest BCUT2D eigenvalue weighted by Gasteiger charge is -2.36. The molecule has 0 aliphatic rings. The third kappa shape index (κ3) is 2.36. The van der Waals surface area contributed by atoms with E-state index in [1.807, 2.05) is 24.3 Å². The molecule has 0 spiro atoms. The Hall–Kier alpha value is -1.29. The van der Waals surface area contributed by atoms with E-state index in [1.165, 1.54) is 0 Å². The van der Waals surface area contributed by atoms with Crippen molar-refractivity contribution in [1.29, 1.82) is 0 Å². The van der Waals surface area contributed by atoms with Gasteiger partial charge in [0.2, 0.25) is 0 Å². The fourth-order valence-corrected chi connectivity index (χ4v) is 2.40. The smallest absolute Gasteiger partial charge is 0.287 e. The second-order valence-electron chi connectivity index (χ2n) is 5.99. The predicted octanol–water partition coefficient (Wildman–Crippen LogP) is 4.24. The van der Waals surface area contributed by atoms with E-state index in [-0.39, 0.29) is 5.04 Å². The molecule has 92 valence electrons. The largest absolute Gasteiger partial charge is 0.424 e. The Kier molecular flexibility index (Phi) is 2.77. The van der Waals surface area contributed by atoms with Gasteiger partial charge in [-0.05, 0) is 17.2 Å². The van der Waals surface area contributed by atoms with Crippen LogP contribution >= 0.6 is 0 Å². The first-order valence-electron chi connectivity index (χ1n) is 5.93. The average Bonchev–Trinajstić information content (AvgIpc) is 2.56. The SMILES string of the molecule is CC(C)(C)[Si](C)(C)Nc1nc2ccccc2o1. The zero-order chi connectivity index (χ0) is 12.7. The van der Waals surface area contributed by atoms with E-state index in [0.717, 1.165) is 11.1 Å². The molecule has 0 amide bonds. The summed E-state index contributed by atoms with van der Waals surface area (Å²) >= 11 is 0. The van der Waals surface area contributed by atoms with Crippen molar-refractivity contribution in [2.24, 2.45) is 0 Å². The van der Waals surface area contributed by atoms with Crippen molar-refractivity contribution >= 4 is 25.3 Å². The van der Waals surface area contributed by atoms with Gasteiger partial charge in [-0.1, -0.05) is 46.0 Å². The van der Waals surface area contributed by atoms with Gasteiger partial charge in [-0.25, -0.2) is 0 Å². The molecule has 0 aliphatic carbocycles. The molecule has 1 heterocycles. The van der Waals surface area contributed by atoms with Crippen molar-refractivity contribution in [2.45, 2.75) is 38.9 Å². The van der Waals surface area contributed by atoms with Gasteiger partial charge in [-0.2, -0.15) is 4.98 Å². The summed E-state index contributed by atoms with van der Waals surface area (Å²) in [6, 6.07) is 8.50. The van der Waals surface area contributed by atoms with E-state index < -0.39 is 8.24 Å². The first-order chi connectivity index (χ1) is 7.79. The second kappa shape index (κ2) is 3.87. The number of rotatable bonds is 2. The van der Waals surface area contributed by atoms with E-state index in [1.54, 1.807) is 0 Å². The molecule has 0 saturated carbocycles. The maximum absolute atomic E-state index is 5.71. The molecule has 0 fully saturated rings. The van der Waals surface area contributed by atoms with Gasteiger partial charge < -0.3 is 9.40 Å². The molecule has 3 nitrogen and oxygen atoms in total. The lowest BCUT2D eigenvalue weighted by atomic mass is 10.2. The molecule has 0 radical (unpaired) electrons. The quantitative estimate of drug-likeness (QED) is 0.808. The molecular weight excluding hydrogens is 228 g/mol.